The number of nitrogens with one attached hydrogen (secondary N) is 2. The highest BCUT2D eigenvalue weighted by Crippen LogP contribution is 2.28. The van der Waals surface area contributed by atoms with Gasteiger partial charge >= 0.3 is 6.03 Å². The van der Waals surface area contributed by atoms with Crippen molar-refractivity contribution in [3.05, 3.63) is 65.2 Å². The number of carbonyl (C=O) groups is 2. The third-order valence-electron chi connectivity index (χ3n) is 4.87. The Bertz CT molecular complexity index is 1070. The molecule has 0 atom stereocenters. The normalized spacial score (nSPS) is 12.8. The lowest BCUT2D eigenvalue weighted by Crippen LogP contribution is -2.36. The summed E-state index contributed by atoms with van der Waals surface area (Å²) in [4.78, 5) is 31.4. The number of aryl methyl sites for hydroxylation is 1. The van der Waals surface area contributed by atoms with E-state index in [0.29, 0.717) is 28.8 Å². The number of anilines is 3. The smallest absolute Gasteiger partial charge is 0.325 e. The van der Waals surface area contributed by atoms with Crippen LogP contribution >= 0.6 is 11.3 Å². The summed E-state index contributed by atoms with van der Waals surface area (Å²) in [6.07, 6.45) is 2.14. The SMILES string of the molecule is COc1ccccc1NC(=O)Nc1nc(CC(=O)N2CCCc3ccccc32)cs1. The number of benzene rings is 2. The van der Waals surface area contributed by atoms with Crippen LogP contribution in [-0.4, -0.2) is 30.6 Å². The van der Waals surface area contributed by atoms with E-state index in [0.717, 1.165) is 18.5 Å². The average molecular weight is 423 g/mol. The highest BCUT2D eigenvalue weighted by Gasteiger charge is 2.23. The summed E-state index contributed by atoms with van der Waals surface area (Å²) in [5.41, 5.74) is 3.39. The molecule has 0 radical (unpaired) electrons. The standard InChI is InChI=1S/C22H22N4O3S/c1-29-19-11-5-3-9-17(19)24-21(28)25-22-23-16(14-30-22)13-20(27)26-12-6-8-15-7-2-4-10-18(15)26/h2-5,7,9-11,14H,6,8,12-13H2,1H3,(H2,23,24,25,28). The van der Waals surface area contributed by atoms with Crippen LogP contribution in [0.3, 0.4) is 0 Å². The fourth-order valence-electron chi connectivity index (χ4n) is 3.49. The number of hydrogen-bond acceptors (Lipinski definition) is 5. The maximum absolute atomic E-state index is 12.9. The minimum atomic E-state index is -0.420. The maximum Gasteiger partial charge on any atom is 0.325 e. The molecule has 7 nitrogen and oxygen atoms in total. The van der Waals surface area contributed by atoms with E-state index in [1.807, 2.05) is 35.2 Å². The molecule has 154 valence electrons. The first-order valence-corrected chi connectivity index (χ1v) is 10.6. The van der Waals surface area contributed by atoms with Gasteiger partial charge in [0.1, 0.15) is 5.75 Å². The molecule has 0 unspecified atom stereocenters. The maximum atomic E-state index is 12.9. The fraction of sp³-hybridized carbons (Fsp3) is 0.227. The van der Waals surface area contributed by atoms with Gasteiger partial charge in [-0.15, -0.1) is 11.3 Å². The molecule has 1 aromatic heterocycles. The van der Waals surface area contributed by atoms with Crippen molar-refractivity contribution < 1.29 is 14.3 Å². The van der Waals surface area contributed by atoms with Crippen molar-refractivity contribution in [2.45, 2.75) is 19.3 Å². The van der Waals surface area contributed by atoms with E-state index in [2.05, 4.69) is 21.7 Å². The number of aromatic nitrogens is 1. The summed E-state index contributed by atoms with van der Waals surface area (Å²) in [7, 11) is 1.54. The van der Waals surface area contributed by atoms with Gasteiger partial charge in [0, 0.05) is 17.6 Å². The minimum absolute atomic E-state index is 0.0115. The zero-order chi connectivity index (χ0) is 20.9. The molecule has 1 aliphatic rings. The summed E-state index contributed by atoms with van der Waals surface area (Å²) in [6, 6.07) is 14.7. The number of urea groups is 1. The van der Waals surface area contributed by atoms with E-state index >= 15 is 0 Å². The van der Waals surface area contributed by atoms with E-state index in [4.69, 9.17) is 4.74 Å². The topological polar surface area (TPSA) is 83.6 Å². The second-order valence-electron chi connectivity index (χ2n) is 6.88. The molecule has 0 fully saturated rings. The Kier molecular flexibility index (Phi) is 5.94. The van der Waals surface area contributed by atoms with Crippen molar-refractivity contribution in [1.82, 2.24) is 4.98 Å². The van der Waals surface area contributed by atoms with Gasteiger partial charge in [-0.25, -0.2) is 9.78 Å². The van der Waals surface area contributed by atoms with Crippen LogP contribution in [0.5, 0.6) is 5.75 Å². The minimum Gasteiger partial charge on any atom is -0.495 e. The predicted molar refractivity (Wildman–Crippen MR) is 119 cm³/mol. The van der Waals surface area contributed by atoms with E-state index in [9.17, 15) is 9.59 Å². The number of para-hydroxylation sites is 3. The molecule has 2 N–H and O–H groups in total. The van der Waals surface area contributed by atoms with E-state index in [1.165, 1.54) is 16.9 Å². The van der Waals surface area contributed by atoms with Gasteiger partial charge in [-0.3, -0.25) is 10.1 Å². The van der Waals surface area contributed by atoms with Crippen LogP contribution in [-0.2, 0) is 17.6 Å². The van der Waals surface area contributed by atoms with Crippen molar-refractivity contribution >= 4 is 39.8 Å². The number of carbonyl (C=O) groups excluding carboxylic acids is 2. The zero-order valence-electron chi connectivity index (χ0n) is 16.6. The van der Waals surface area contributed by atoms with E-state index < -0.39 is 6.03 Å². The highest BCUT2D eigenvalue weighted by atomic mass is 32.1. The van der Waals surface area contributed by atoms with Crippen molar-refractivity contribution in [1.29, 1.82) is 0 Å². The van der Waals surface area contributed by atoms with Gasteiger partial charge in [0.25, 0.3) is 0 Å². The molecule has 0 bridgehead atoms. The third-order valence-corrected chi connectivity index (χ3v) is 5.68. The van der Waals surface area contributed by atoms with Crippen LogP contribution in [0.15, 0.2) is 53.9 Å². The molecule has 3 amide bonds. The third kappa shape index (κ3) is 4.44. The van der Waals surface area contributed by atoms with Gasteiger partial charge in [0.05, 0.1) is 24.9 Å². The van der Waals surface area contributed by atoms with Crippen molar-refractivity contribution in [3.8, 4) is 5.75 Å². The Morgan fingerprint density at radius 2 is 1.93 bits per heavy atom. The number of thiazole rings is 1. The van der Waals surface area contributed by atoms with Crippen LogP contribution in [0.25, 0.3) is 0 Å². The lowest BCUT2D eigenvalue weighted by molar-refractivity contribution is -0.118. The van der Waals surface area contributed by atoms with Gasteiger partial charge in [-0.05, 0) is 36.6 Å². The number of amides is 3. The number of nitrogens with zero attached hydrogens (tertiary/aromatic N) is 2. The van der Waals surface area contributed by atoms with Crippen LogP contribution in [0, 0.1) is 0 Å². The Morgan fingerprint density at radius 3 is 2.80 bits per heavy atom. The Balaban J connectivity index is 1.38. The first kappa shape index (κ1) is 19.9. The van der Waals surface area contributed by atoms with Gasteiger partial charge in [0.2, 0.25) is 5.91 Å². The second kappa shape index (κ2) is 8.96. The van der Waals surface area contributed by atoms with Crippen LogP contribution < -0.4 is 20.3 Å². The summed E-state index contributed by atoms with van der Waals surface area (Å²) in [5.74, 6) is 0.581. The molecule has 0 saturated carbocycles. The summed E-state index contributed by atoms with van der Waals surface area (Å²) in [6.45, 7) is 0.715. The number of rotatable bonds is 5. The number of hydrogen-bond donors (Lipinski definition) is 2. The van der Waals surface area contributed by atoms with Crippen LogP contribution in [0.2, 0.25) is 0 Å². The molecule has 0 spiro atoms. The zero-order valence-corrected chi connectivity index (χ0v) is 17.4. The summed E-state index contributed by atoms with van der Waals surface area (Å²) in [5, 5.41) is 7.68. The molecular weight excluding hydrogens is 400 g/mol. The largest absolute Gasteiger partial charge is 0.495 e. The Hall–Kier alpha value is -3.39. The molecule has 0 aliphatic carbocycles. The number of ether oxygens (including phenoxy) is 1. The molecule has 30 heavy (non-hydrogen) atoms. The lowest BCUT2D eigenvalue weighted by Gasteiger charge is -2.29. The van der Waals surface area contributed by atoms with Crippen molar-refractivity contribution in [3.63, 3.8) is 0 Å². The summed E-state index contributed by atoms with van der Waals surface area (Å²) >= 11 is 1.29. The Morgan fingerprint density at radius 1 is 1.13 bits per heavy atom. The monoisotopic (exact) mass is 422 g/mol. The quantitative estimate of drug-likeness (QED) is 0.642. The van der Waals surface area contributed by atoms with Crippen LogP contribution in [0.1, 0.15) is 17.7 Å². The van der Waals surface area contributed by atoms with Gasteiger partial charge in [-0.2, -0.15) is 0 Å². The average Bonchev–Trinajstić information content (AvgIpc) is 3.20. The summed E-state index contributed by atoms with van der Waals surface area (Å²) < 4.78 is 5.23. The van der Waals surface area contributed by atoms with Crippen molar-refractivity contribution in [2.75, 3.05) is 29.2 Å². The lowest BCUT2D eigenvalue weighted by atomic mass is 10.0. The van der Waals surface area contributed by atoms with Crippen molar-refractivity contribution in [2.24, 2.45) is 0 Å². The van der Waals surface area contributed by atoms with E-state index in [-0.39, 0.29) is 12.3 Å². The second-order valence-corrected chi connectivity index (χ2v) is 7.74. The molecule has 0 saturated heterocycles. The predicted octanol–water partition coefficient (Wildman–Crippen LogP) is 4.32. The van der Waals surface area contributed by atoms with Gasteiger partial charge in [-0.1, -0.05) is 30.3 Å². The Labute approximate surface area is 178 Å². The van der Waals surface area contributed by atoms with Crippen LogP contribution in [0.4, 0.5) is 21.3 Å². The molecule has 3 aromatic rings. The fourth-order valence-corrected chi connectivity index (χ4v) is 4.19. The molecule has 1 aliphatic heterocycles. The number of methoxy groups -OCH3 is 1. The first-order valence-electron chi connectivity index (χ1n) is 9.68. The van der Waals surface area contributed by atoms with E-state index in [1.54, 1.807) is 24.6 Å². The molecule has 4 rings (SSSR count). The molecule has 8 heteroatoms. The van der Waals surface area contributed by atoms with Gasteiger partial charge in [0.15, 0.2) is 5.13 Å². The number of fused-ring (bicyclic) bond motifs is 1. The molecule has 2 aromatic carbocycles. The first-order chi connectivity index (χ1) is 14.6. The molecule has 2 heterocycles. The molecular formula is C22H22N4O3S. The van der Waals surface area contributed by atoms with Gasteiger partial charge < -0.3 is 15.0 Å². The highest BCUT2D eigenvalue weighted by molar-refractivity contribution is 7.14.